The predicted octanol–water partition coefficient (Wildman–Crippen LogP) is 2.53. The van der Waals surface area contributed by atoms with Gasteiger partial charge in [0, 0.05) is 23.2 Å². The van der Waals surface area contributed by atoms with Crippen LogP contribution in [0, 0.1) is 0 Å². The zero-order valence-electron chi connectivity index (χ0n) is 17.3. The molecule has 0 spiro atoms. The van der Waals surface area contributed by atoms with Gasteiger partial charge in [-0.1, -0.05) is 6.92 Å². The van der Waals surface area contributed by atoms with Gasteiger partial charge in [-0.2, -0.15) is 0 Å². The molecule has 0 atom stereocenters. The van der Waals surface area contributed by atoms with Crippen LogP contribution in [-0.2, 0) is 4.79 Å². The minimum atomic E-state index is -0.564. The molecule has 0 fully saturated rings. The number of methoxy groups -OCH3 is 3. The van der Waals surface area contributed by atoms with Gasteiger partial charge in [-0.3, -0.25) is 25.2 Å². The van der Waals surface area contributed by atoms with E-state index in [2.05, 4.69) is 16.2 Å². The third-order valence-electron chi connectivity index (χ3n) is 4.12. The maximum absolute atomic E-state index is 12.4. The van der Waals surface area contributed by atoms with Crippen LogP contribution in [0.4, 0.5) is 5.69 Å². The molecule has 0 bridgehead atoms. The number of anilines is 1. The number of ether oxygens (including phenoxy) is 3. The number of nitrogens with one attached hydrogen (secondary N) is 3. The molecular weight excluding hydrogens is 390 g/mol. The molecule has 3 N–H and O–H groups in total. The van der Waals surface area contributed by atoms with Crippen LogP contribution in [0.5, 0.6) is 17.2 Å². The molecule has 160 valence electrons. The summed E-state index contributed by atoms with van der Waals surface area (Å²) < 4.78 is 15.7. The Morgan fingerprint density at radius 3 is 1.80 bits per heavy atom. The van der Waals surface area contributed by atoms with Crippen LogP contribution in [0.15, 0.2) is 36.4 Å². The van der Waals surface area contributed by atoms with Crippen molar-refractivity contribution in [2.45, 2.75) is 19.8 Å². The van der Waals surface area contributed by atoms with E-state index < -0.39 is 11.8 Å². The van der Waals surface area contributed by atoms with Crippen molar-refractivity contribution in [3.8, 4) is 17.2 Å². The zero-order chi connectivity index (χ0) is 22.1. The van der Waals surface area contributed by atoms with Gasteiger partial charge in [-0.05, 0) is 42.8 Å². The molecule has 0 aliphatic rings. The van der Waals surface area contributed by atoms with Crippen molar-refractivity contribution in [3.05, 3.63) is 47.5 Å². The van der Waals surface area contributed by atoms with Gasteiger partial charge in [0.2, 0.25) is 11.7 Å². The minimum Gasteiger partial charge on any atom is -0.493 e. The fourth-order valence-electron chi connectivity index (χ4n) is 2.63. The highest BCUT2D eigenvalue weighted by Gasteiger charge is 2.17. The molecule has 9 nitrogen and oxygen atoms in total. The second-order valence-electron chi connectivity index (χ2n) is 6.20. The van der Waals surface area contributed by atoms with Crippen LogP contribution in [0.2, 0.25) is 0 Å². The Morgan fingerprint density at radius 1 is 0.800 bits per heavy atom. The number of carbonyl (C=O) groups is 3. The van der Waals surface area contributed by atoms with Gasteiger partial charge in [-0.15, -0.1) is 0 Å². The fourth-order valence-corrected chi connectivity index (χ4v) is 2.63. The predicted molar refractivity (Wildman–Crippen MR) is 111 cm³/mol. The summed E-state index contributed by atoms with van der Waals surface area (Å²) in [6, 6.07) is 9.26. The van der Waals surface area contributed by atoms with Crippen molar-refractivity contribution in [2.75, 3.05) is 26.6 Å². The molecule has 3 amide bonds. The Labute approximate surface area is 174 Å². The van der Waals surface area contributed by atoms with Crippen molar-refractivity contribution in [1.82, 2.24) is 10.9 Å². The second-order valence-corrected chi connectivity index (χ2v) is 6.20. The number of benzene rings is 2. The highest BCUT2D eigenvalue weighted by molar-refractivity contribution is 6.00. The lowest BCUT2D eigenvalue weighted by molar-refractivity contribution is -0.116. The van der Waals surface area contributed by atoms with Crippen LogP contribution >= 0.6 is 0 Å². The summed E-state index contributed by atoms with van der Waals surface area (Å²) in [5.41, 5.74) is 5.79. The Kier molecular flexibility index (Phi) is 8.04. The lowest BCUT2D eigenvalue weighted by Crippen LogP contribution is -2.41. The van der Waals surface area contributed by atoms with Crippen LogP contribution in [0.25, 0.3) is 0 Å². The third kappa shape index (κ3) is 5.63. The summed E-state index contributed by atoms with van der Waals surface area (Å²) >= 11 is 0. The second kappa shape index (κ2) is 10.7. The van der Waals surface area contributed by atoms with Gasteiger partial charge in [0.25, 0.3) is 11.8 Å². The molecule has 0 aliphatic heterocycles. The Bertz CT molecular complexity index is 886. The minimum absolute atomic E-state index is 0.0905. The van der Waals surface area contributed by atoms with E-state index in [0.29, 0.717) is 34.9 Å². The zero-order valence-corrected chi connectivity index (χ0v) is 17.3. The molecule has 0 heterocycles. The summed E-state index contributed by atoms with van der Waals surface area (Å²) in [5.74, 6) is -0.185. The Balaban J connectivity index is 2.02. The van der Waals surface area contributed by atoms with E-state index in [0.717, 1.165) is 6.42 Å². The molecule has 2 rings (SSSR count). The molecular formula is C21H25N3O6. The molecule has 2 aromatic rings. The van der Waals surface area contributed by atoms with E-state index in [9.17, 15) is 14.4 Å². The molecule has 0 saturated heterocycles. The molecule has 0 saturated carbocycles. The van der Waals surface area contributed by atoms with E-state index in [1.807, 2.05) is 6.92 Å². The lowest BCUT2D eigenvalue weighted by atomic mass is 10.1. The van der Waals surface area contributed by atoms with Gasteiger partial charge in [0.15, 0.2) is 11.5 Å². The number of rotatable bonds is 8. The van der Waals surface area contributed by atoms with Crippen molar-refractivity contribution >= 4 is 23.4 Å². The summed E-state index contributed by atoms with van der Waals surface area (Å²) in [6.45, 7) is 1.92. The number of hydrogen-bond donors (Lipinski definition) is 3. The number of carbonyl (C=O) groups excluding carboxylic acids is 3. The van der Waals surface area contributed by atoms with E-state index in [4.69, 9.17) is 14.2 Å². The first-order valence-electron chi connectivity index (χ1n) is 9.24. The van der Waals surface area contributed by atoms with Crippen LogP contribution in [0.3, 0.4) is 0 Å². The van der Waals surface area contributed by atoms with Crippen LogP contribution in [0.1, 0.15) is 40.5 Å². The standard InChI is InChI=1S/C21H25N3O6/c1-5-6-18(25)22-15-9-7-13(8-10-15)20(26)23-24-21(27)14-11-16(28-2)19(30-4)17(12-14)29-3/h7-12H,5-6H2,1-4H3,(H,22,25)(H,23,26)(H,24,27). The first-order chi connectivity index (χ1) is 14.4. The summed E-state index contributed by atoms with van der Waals surface area (Å²) in [5, 5.41) is 2.74. The number of hydrazine groups is 1. The summed E-state index contributed by atoms with van der Waals surface area (Å²) in [6.07, 6.45) is 1.17. The third-order valence-corrected chi connectivity index (χ3v) is 4.12. The van der Waals surface area contributed by atoms with E-state index >= 15 is 0 Å². The van der Waals surface area contributed by atoms with Crippen molar-refractivity contribution < 1.29 is 28.6 Å². The van der Waals surface area contributed by atoms with Crippen molar-refractivity contribution in [3.63, 3.8) is 0 Å². The maximum Gasteiger partial charge on any atom is 0.269 e. The van der Waals surface area contributed by atoms with Crippen LogP contribution < -0.4 is 30.4 Å². The maximum atomic E-state index is 12.4. The molecule has 0 aromatic heterocycles. The highest BCUT2D eigenvalue weighted by Crippen LogP contribution is 2.38. The molecule has 9 heteroatoms. The van der Waals surface area contributed by atoms with Crippen molar-refractivity contribution in [2.24, 2.45) is 0 Å². The molecule has 0 aliphatic carbocycles. The molecule has 0 unspecified atom stereocenters. The quantitative estimate of drug-likeness (QED) is 0.571. The van der Waals surface area contributed by atoms with Gasteiger partial charge in [0.1, 0.15) is 0 Å². The first-order valence-corrected chi connectivity index (χ1v) is 9.24. The average Bonchev–Trinajstić information content (AvgIpc) is 2.76. The van der Waals surface area contributed by atoms with Gasteiger partial charge >= 0.3 is 0 Å². The van der Waals surface area contributed by atoms with E-state index in [1.54, 1.807) is 24.3 Å². The van der Waals surface area contributed by atoms with Gasteiger partial charge in [-0.25, -0.2) is 0 Å². The fraction of sp³-hybridized carbons (Fsp3) is 0.286. The molecule has 30 heavy (non-hydrogen) atoms. The summed E-state index contributed by atoms with van der Waals surface area (Å²) in [7, 11) is 4.34. The van der Waals surface area contributed by atoms with E-state index in [1.165, 1.54) is 33.5 Å². The number of hydrogen-bond acceptors (Lipinski definition) is 6. The molecule has 2 aromatic carbocycles. The smallest absolute Gasteiger partial charge is 0.269 e. The first kappa shape index (κ1) is 22.5. The number of amides is 3. The van der Waals surface area contributed by atoms with Gasteiger partial charge in [0.05, 0.1) is 21.3 Å². The monoisotopic (exact) mass is 415 g/mol. The van der Waals surface area contributed by atoms with Gasteiger partial charge < -0.3 is 19.5 Å². The highest BCUT2D eigenvalue weighted by atomic mass is 16.5. The topological polar surface area (TPSA) is 115 Å². The Morgan fingerprint density at radius 2 is 1.33 bits per heavy atom. The lowest BCUT2D eigenvalue weighted by Gasteiger charge is -2.14. The Hall–Kier alpha value is -3.75. The molecule has 0 radical (unpaired) electrons. The average molecular weight is 415 g/mol. The van der Waals surface area contributed by atoms with E-state index in [-0.39, 0.29) is 11.5 Å². The largest absolute Gasteiger partial charge is 0.493 e. The van der Waals surface area contributed by atoms with Crippen molar-refractivity contribution in [1.29, 1.82) is 0 Å². The summed E-state index contributed by atoms with van der Waals surface area (Å²) in [4.78, 5) is 36.3. The SMILES string of the molecule is CCCC(=O)Nc1ccc(C(=O)NNC(=O)c2cc(OC)c(OC)c(OC)c2)cc1. The van der Waals surface area contributed by atoms with Crippen LogP contribution in [-0.4, -0.2) is 39.1 Å². The normalized spacial score (nSPS) is 10.0.